The number of hydrogen-bond donors (Lipinski definition) is 3. The van der Waals surface area contributed by atoms with Crippen LogP contribution in [0.3, 0.4) is 0 Å². The first-order valence-electron chi connectivity index (χ1n) is 4.58. The number of methoxy groups -OCH3 is 1. The Balaban J connectivity index is 4.44. The van der Waals surface area contributed by atoms with E-state index in [1.54, 1.807) is 0 Å². The first kappa shape index (κ1) is 14.4. The second-order valence-corrected chi connectivity index (χ2v) is 3.81. The molecular formula is C9H16N2O5. The highest BCUT2D eigenvalue weighted by molar-refractivity contribution is 5.91. The van der Waals surface area contributed by atoms with Crippen LogP contribution in [-0.4, -0.2) is 41.6 Å². The van der Waals surface area contributed by atoms with Gasteiger partial charge in [-0.1, -0.05) is 0 Å². The zero-order valence-electron chi connectivity index (χ0n) is 9.44. The summed E-state index contributed by atoms with van der Waals surface area (Å²) in [6.45, 7) is 2.87. The normalized spacial score (nSPS) is 12.8. The van der Waals surface area contributed by atoms with Crippen LogP contribution in [0.1, 0.15) is 20.3 Å². The molecule has 0 aromatic rings. The van der Waals surface area contributed by atoms with Crippen LogP contribution in [0.15, 0.2) is 0 Å². The molecule has 16 heavy (non-hydrogen) atoms. The quantitative estimate of drug-likeness (QED) is 0.515. The van der Waals surface area contributed by atoms with Crippen LogP contribution < -0.4 is 11.1 Å². The molecule has 0 saturated carbocycles. The fraction of sp³-hybridized carbons (Fsp3) is 0.667. The predicted molar refractivity (Wildman–Crippen MR) is 54.5 cm³/mol. The SMILES string of the molecule is COC(=O)C(C)(C)NC(=O)[C@@H](N)CC(=O)O. The number of nitrogens with one attached hydrogen (secondary N) is 1. The third kappa shape index (κ3) is 4.26. The van der Waals surface area contributed by atoms with Crippen LogP contribution in [0.4, 0.5) is 0 Å². The van der Waals surface area contributed by atoms with Crippen molar-refractivity contribution >= 4 is 17.8 Å². The Kier molecular flexibility index (Phi) is 4.90. The van der Waals surface area contributed by atoms with Crippen LogP contribution in [-0.2, 0) is 19.1 Å². The molecule has 0 spiro atoms. The number of rotatable bonds is 5. The van der Waals surface area contributed by atoms with Gasteiger partial charge in [0.2, 0.25) is 5.91 Å². The summed E-state index contributed by atoms with van der Waals surface area (Å²) in [4.78, 5) is 32.9. The summed E-state index contributed by atoms with van der Waals surface area (Å²) >= 11 is 0. The van der Waals surface area contributed by atoms with E-state index in [2.05, 4.69) is 10.1 Å². The van der Waals surface area contributed by atoms with Gasteiger partial charge in [-0.15, -0.1) is 0 Å². The molecule has 1 atom stereocenters. The molecule has 1 amide bonds. The van der Waals surface area contributed by atoms with E-state index in [4.69, 9.17) is 10.8 Å². The van der Waals surface area contributed by atoms with E-state index >= 15 is 0 Å². The van der Waals surface area contributed by atoms with Crippen LogP contribution in [0.25, 0.3) is 0 Å². The number of ether oxygens (including phenoxy) is 1. The van der Waals surface area contributed by atoms with Gasteiger partial charge in [0.25, 0.3) is 0 Å². The summed E-state index contributed by atoms with van der Waals surface area (Å²) in [6, 6.07) is -1.19. The van der Waals surface area contributed by atoms with Crippen molar-refractivity contribution < 1.29 is 24.2 Å². The van der Waals surface area contributed by atoms with Crippen molar-refractivity contribution in [2.75, 3.05) is 7.11 Å². The topological polar surface area (TPSA) is 119 Å². The van der Waals surface area contributed by atoms with Crippen molar-refractivity contribution in [3.63, 3.8) is 0 Å². The Bertz CT molecular complexity index is 300. The molecule has 4 N–H and O–H groups in total. The molecule has 0 aliphatic heterocycles. The van der Waals surface area contributed by atoms with E-state index in [0.717, 1.165) is 0 Å². The van der Waals surface area contributed by atoms with Crippen LogP contribution in [0, 0.1) is 0 Å². The van der Waals surface area contributed by atoms with Gasteiger partial charge in [-0.3, -0.25) is 9.59 Å². The molecular weight excluding hydrogens is 216 g/mol. The third-order valence-electron chi connectivity index (χ3n) is 1.86. The number of carbonyl (C=O) groups excluding carboxylic acids is 2. The molecule has 0 bridgehead atoms. The molecule has 7 heteroatoms. The number of carboxylic acids is 1. The fourth-order valence-corrected chi connectivity index (χ4v) is 0.988. The highest BCUT2D eigenvalue weighted by Crippen LogP contribution is 2.05. The van der Waals surface area contributed by atoms with E-state index in [9.17, 15) is 14.4 Å². The lowest BCUT2D eigenvalue weighted by Gasteiger charge is -2.24. The van der Waals surface area contributed by atoms with E-state index in [0.29, 0.717) is 0 Å². The van der Waals surface area contributed by atoms with Gasteiger partial charge in [-0.05, 0) is 13.8 Å². The van der Waals surface area contributed by atoms with E-state index in [1.165, 1.54) is 21.0 Å². The van der Waals surface area contributed by atoms with Gasteiger partial charge in [0.15, 0.2) is 0 Å². The molecule has 0 saturated heterocycles. The van der Waals surface area contributed by atoms with Crippen molar-refractivity contribution in [3.8, 4) is 0 Å². The number of carbonyl (C=O) groups is 3. The molecule has 0 aliphatic carbocycles. The minimum Gasteiger partial charge on any atom is -0.481 e. The molecule has 0 fully saturated rings. The summed E-state index contributed by atoms with van der Waals surface area (Å²) in [5.74, 6) is -2.53. The zero-order valence-corrected chi connectivity index (χ0v) is 9.44. The number of aliphatic carboxylic acids is 1. The molecule has 0 aromatic carbocycles. The van der Waals surface area contributed by atoms with Crippen molar-refractivity contribution in [3.05, 3.63) is 0 Å². The standard InChI is InChI=1S/C9H16N2O5/c1-9(2,8(15)16-3)11-7(14)5(10)4-6(12)13/h5H,4,10H2,1-3H3,(H,11,14)(H,12,13)/t5-/m0/s1. The summed E-state index contributed by atoms with van der Waals surface area (Å²) in [5.41, 5.74) is 4.09. The Labute approximate surface area is 92.9 Å². The van der Waals surface area contributed by atoms with Gasteiger partial charge in [0.05, 0.1) is 19.6 Å². The average Bonchev–Trinajstić information content (AvgIpc) is 2.14. The van der Waals surface area contributed by atoms with Crippen LogP contribution >= 0.6 is 0 Å². The number of nitrogens with two attached hydrogens (primary N) is 1. The first-order valence-corrected chi connectivity index (χ1v) is 4.58. The average molecular weight is 232 g/mol. The molecule has 0 aliphatic rings. The van der Waals surface area contributed by atoms with Crippen molar-refractivity contribution in [2.24, 2.45) is 5.73 Å². The number of amides is 1. The molecule has 0 heterocycles. The molecule has 7 nitrogen and oxygen atoms in total. The zero-order chi connectivity index (χ0) is 12.9. The van der Waals surface area contributed by atoms with Gasteiger partial charge in [0, 0.05) is 0 Å². The smallest absolute Gasteiger partial charge is 0.330 e. The minimum atomic E-state index is -1.23. The molecule has 92 valence electrons. The first-order chi connectivity index (χ1) is 7.20. The van der Waals surface area contributed by atoms with Gasteiger partial charge < -0.3 is 20.9 Å². The molecule has 0 radical (unpaired) electrons. The van der Waals surface area contributed by atoms with Crippen LogP contribution in [0.2, 0.25) is 0 Å². The van der Waals surface area contributed by atoms with Crippen molar-refractivity contribution in [2.45, 2.75) is 31.8 Å². The predicted octanol–water partition coefficient (Wildman–Crippen LogP) is -1.14. The largest absolute Gasteiger partial charge is 0.481 e. The number of hydrogen-bond acceptors (Lipinski definition) is 5. The maximum Gasteiger partial charge on any atom is 0.330 e. The van der Waals surface area contributed by atoms with E-state index in [-0.39, 0.29) is 0 Å². The Morgan fingerprint density at radius 2 is 1.94 bits per heavy atom. The third-order valence-corrected chi connectivity index (χ3v) is 1.86. The second kappa shape index (κ2) is 5.45. The fourth-order valence-electron chi connectivity index (χ4n) is 0.988. The number of carboxylic acid groups (broad SMARTS) is 1. The minimum absolute atomic E-state index is 0.497. The maximum absolute atomic E-state index is 11.4. The number of esters is 1. The highest BCUT2D eigenvalue weighted by Gasteiger charge is 2.32. The highest BCUT2D eigenvalue weighted by atomic mass is 16.5. The Hall–Kier alpha value is -1.63. The summed E-state index contributed by atoms with van der Waals surface area (Å²) in [7, 11) is 1.19. The lowest BCUT2D eigenvalue weighted by atomic mass is 10.0. The molecule has 0 unspecified atom stereocenters. The van der Waals surface area contributed by atoms with Gasteiger partial charge >= 0.3 is 11.9 Å². The molecule has 0 rings (SSSR count). The van der Waals surface area contributed by atoms with Gasteiger partial charge in [0.1, 0.15) is 5.54 Å². The lowest BCUT2D eigenvalue weighted by molar-refractivity contribution is -0.149. The second-order valence-electron chi connectivity index (χ2n) is 3.81. The molecule has 0 aromatic heterocycles. The Morgan fingerprint density at radius 3 is 2.31 bits per heavy atom. The van der Waals surface area contributed by atoms with E-state index in [1.807, 2.05) is 0 Å². The summed E-state index contributed by atoms with van der Waals surface area (Å²) in [5, 5.41) is 10.7. The lowest BCUT2D eigenvalue weighted by Crippen LogP contribution is -2.55. The summed E-state index contributed by atoms with van der Waals surface area (Å²) in [6.07, 6.45) is -0.497. The monoisotopic (exact) mass is 232 g/mol. The maximum atomic E-state index is 11.4. The van der Waals surface area contributed by atoms with Gasteiger partial charge in [-0.25, -0.2) is 4.79 Å². The van der Waals surface area contributed by atoms with Crippen LogP contribution in [0.5, 0.6) is 0 Å². The summed E-state index contributed by atoms with van der Waals surface area (Å²) < 4.78 is 4.47. The van der Waals surface area contributed by atoms with Crippen molar-refractivity contribution in [1.82, 2.24) is 5.32 Å². The van der Waals surface area contributed by atoms with Gasteiger partial charge in [-0.2, -0.15) is 0 Å². The van der Waals surface area contributed by atoms with Crippen molar-refractivity contribution in [1.29, 1.82) is 0 Å². The van der Waals surface area contributed by atoms with E-state index < -0.39 is 35.8 Å². The Morgan fingerprint density at radius 1 is 1.44 bits per heavy atom.